The molecule has 0 N–H and O–H groups in total. The first-order valence-electron chi connectivity index (χ1n) is 9.58. The summed E-state index contributed by atoms with van der Waals surface area (Å²) in [5.74, 6) is -0.231. The summed E-state index contributed by atoms with van der Waals surface area (Å²) in [5, 5.41) is 0. The summed E-state index contributed by atoms with van der Waals surface area (Å²) >= 11 is 0. The van der Waals surface area contributed by atoms with Crippen molar-refractivity contribution in [1.82, 2.24) is 0 Å². The molecule has 0 amide bonds. The molecule has 0 spiro atoms. The molecule has 0 aromatic carbocycles. The van der Waals surface area contributed by atoms with Crippen LogP contribution >= 0.6 is 0 Å². The Morgan fingerprint density at radius 3 is 1.96 bits per heavy atom. The summed E-state index contributed by atoms with van der Waals surface area (Å²) in [5.41, 5.74) is 1.14. The molecular formula is C20H34O4. The minimum Gasteiger partial charge on any atom is -0.462 e. The molecule has 138 valence electrons. The molecule has 1 aliphatic carbocycles. The molecule has 4 nitrogen and oxygen atoms in total. The van der Waals surface area contributed by atoms with Gasteiger partial charge < -0.3 is 9.47 Å². The second-order valence-corrected chi connectivity index (χ2v) is 7.10. The van der Waals surface area contributed by atoms with Gasteiger partial charge >= 0.3 is 11.9 Å². The van der Waals surface area contributed by atoms with Crippen molar-refractivity contribution in [2.45, 2.75) is 79.1 Å². The van der Waals surface area contributed by atoms with Crippen LogP contribution in [0.25, 0.3) is 0 Å². The van der Waals surface area contributed by atoms with Gasteiger partial charge in [-0.15, -0.1) is 0 Å². The van der Waals surface area contributed by atoms with Gasteiger partial charge in [-0.05, 0) is 43.9 Å². The summed E-state index contributed by atoms with van der Waals surface area (Å²) < 4.78 is 10.8. The topological polar surface area (TPSA) is 52.6 Å². The maximum atomic E-state index is 12.7. The van der Waals surface area contributed by atoms with E-state index in [1.165, 1.54) is 6.42 Å². The van der Waals surface area contributed by atoms with E-state index in [1.54, 1.807) is 0 Å². The normalized spacial score (nSPS) is 16.7. The van der Waals surface area contributed by atoms with Crippen LogP contribution in [0, 0.1) is 11.8 Å². The molecule has 0 unspecified atom stereocenters. The summed E-state index contributed by atoms with van der Waals surface area (Å²) in [7, 11) is 0. The molecule has 0 aromatic rings. The van der Waals surface area contributed by atoms with Crippen molar-refractivity contribution < 1.29 is 19.1 Å². The molecule has 0 radical (unpaired) electrons. The maximum absolute atomic E-state index is 12.7. The Morgan fingerprint density at radius 1 is 0.917 bits per heavy atom. The first-order valence-corrected chi connectivity index (χ1v) is 9.58. The average Bonchev–Trinajstić information content (AvgIpc) is 2.57. The van der Waals surface area contributed by atoms with Gasteiger partial charge in [0.2, 0.25) is 0 Å². The standard InChI is InChI=1S/C20H34O4/c1-5-12-23-19(21)17(14-15(3)4)18(20(22)24-13-6-2)16-10-8-7-9-11-16/h15-16H,5-14H2,1-4H3. The smallest absolute Gasteiger partial charge is 0.334 e. The quantitative estimate of drug-likeness (QED) is 0.447. The Morgan fingerprint density at radius 2 is 1.46 bits per heavy atom. The van der Waals surface area contributed by atoms with Gasteiger partial charge in [-0.25, -0.2) is 9.59 Å². The van der Waals surface area contributed by atoms with Crippen molar-refractivity contribution >= 4 is 11.9 Å². The average molecular weight is 338 g/mol. The van der Waals surface area contributed by atoms with Crippen LogP contribution < -0.4 is 0 Å². The minimum absolute atomic E-state index is 0.131. The molecule has 0 saturated heterocycles. The van der Waals surface area contributed by atoms with Crippen molar-refractivity contribution in [3.05, 3.63) is 11.1 Å². The van der Waals surface area contributed by atoms with Crippen molar-refractivity contribution in [2.75, 3.05) is 13.2 Å². The highest BCUT2D eigenvalue weighted by molar-refractivity contribution is 6.00. The minimum atomic E-state index is -0.334. The predicted molar refractivity (Wildman–Crippen MR) is 95.6 cm³/mol. The van der Waals surface area contributed by atoms with Gasteiger partial charge in [0.15, 0.2) is 0 Å². The molecule has 1 aliphatic rings. The highest BCUT2D eigenvalue weighted by atomic mass is 16.5. The molecular weight excluding hydrogens is 304 g/mol. The molecule has 1 rings (SSSR count). The van der Waals surface area contributed by atoms with Gasteiger partial charge in [0.25, 0.3) is 0 Å². The Labute approximate surface area is 147 Å². The maximum Gasteiger partial charge on any atom is 0.334 e. The Balaban J connectivity index is 3.18. The summed E-state index contributed by atoms with van der Waals surface area (Å²) in [6, 6.07) is 0. The van der Waals surface area contributed by atoms with E-state index < -0.39 is 0 Å². The number of hydrogen-bond acceptors (Lipinski definition) is 4. The molecule has 0 aromatic heterocycles. The van der Waals surface area contributed by atoms with Gasteiger partial charge in [-0.3, -0.25) is 0 Å². The van der Waals surface area contributed by atoms with Gasteiger partial charge in [-0.1, -0.05) is 47.0 Å². The number of carbonyl (C=O) groups excluding carboxylic acids is 2. The molecule has 0 heterocycles. The second-order valence-electron chi connectivity index (χ2n) is 7.10. The lowest BCUT2D eigenvalue weighted by Crippen LogP contribution is -2.25. The van der Waals surface area contributed by atoms with Crippen molar-refractivity contribution in [3.63, 3.8) is 0 Å². The van der Waals surface area contributed by atoms with Gasteiger partial charge in [0.1, 0.15) is 0 Å². The highest BCUT2D eigenvalue weighted by Gasteiger charge is 2.31. The van der Waals surface area contributed by atoms with Crippen LogP contribution in [0.1, 0.15) is 79.1 Å². The number of ether oxygens (including phenoxy) is 2. The third kappa shape index (κ3) is 6.66. The van der Waals surface area contributed by atoms with Crippen molar-refractivity contribution in [3.8, 4) is 0 Å². The van der Waals surface area contributed by atoms with Gasteiger partial charge in [0, 0.05) is 5.57 Å². The predicted octanol–water partition coefficient (Wildman–Crippen LogP) is 4.82. The Bertz CT molecular complexity index is 431. The fraction of sp³-hybridized carbons (Fsp3) is 0.800. The molecule has 4 heteroatoms. The van der Waals surface area contributed by atoms with E-state index in [1.807, 2.05) is 13.8 Å². The lowest BCUT2D eigenvalue weighted by molar-refractivity contribution is -0.143. The molecule has 0 aliphatic heterocycles. The molecule has 1 fully saturated rings. The third-order valence-corrected chi connectivity index (χ3v) is 4.29. The molecule has 24 heavy (non-hydrogen) atoms. The van der Waals surface area contributed by atoms with Crippen molar-refractivity contribution in [2.24, 2.45) is 11.8 Å². The monoisotopic (exact) mass is 338 g/mol. The summed E-state index contributed by atoms with van der Waals surface area (Å²) in [6.45, 7) is 8.85. The van der Waals surface area contributed by atoms with E-state index in [9.17, 15) is 9.59 Å². The largest absolute Gasteiger partial charge is 0.462 e. The fourth-order valence-corrected chi connectivity index (χ4v) is 3.19. The van der Waals surface area contributed by atoms with Crippen LogP contribution in [0.15, 0.2) is 11.1 Å². The first kappa shape index (κ1) is 20.7. The van der Waals surface area contributed by atoms with Crippen LogP contribution in [0.2, 0.25) is 0 Å². The third-order valence-electron chi connectivity index (χ3n) is 4.29. The van der Waals surface area contributed by atoms with Crippen molar-refractivity contribution in [1.29, 1.82) is 0 Å². The highest BCUT2D eigenvalue weighted by Crippen LogP contribution is 2.34. The molecule has 0 bridgehead atoms. The van der Waals surface area contributed by atoms with E-state index in [4.69, 9.17) is 9.47 Å². The Hall–Kier alpha value is -1.32. The second kappa shape index (κ2) is 11.3. The van der Waals surface area contributed by atoms with Crippen LogP contribution in [-0.4, -0.2) is 25.2 Å². The molecule has 1 saturated carbocycles. The zero-order valence-electron chi connectivity index (χ0n) is 15.9. The summed E-state index contributed by atoms with van der Waals surface area (Å²) in [4.78, 5) is 25.3. The van der Waals surface area contributed by atoms with Crippen LogP contribution in [0.3, 0.4) is 0 Å². The van der Waals surface area contributed by atoms with Gasteiger partial charge in [-0.2, -0.15) is 0 Å². The van der Waals surface area contributed by atoms with E-state index in [0.717, 1.165) is 38.5 Å². The van der Waals surface area contributed by atoms with Gasteiger partial charge in [0.05, 0.1) is 18.8 Å². The zero-order chi connectivity index (χ0) is 17.9. The summed E-state index contributed by atoms with van der Waals surface area (Å²) in [6.07, 6.45) is 7.45. The SMILES string of the molecule is CCCOC(=O)C(CC(C)C)=C(C(=O)OCCC)C1CCCCC1. The number of hydrogen-bond donors (Lipinski definition) is 0. The van der Waals surface area contributed by atoms with Crippen LogP contribution in [0.5, 0.6) is 0 Å². The Kier molecular flexibility index (Phi) is 9.73. The van der Waals surface area contributed by atoms with Crippen LogP contribution in [-0.2, 0) is 19.1 Å². The number of carbonyl (C=O) groups is 2. The van der Waals surface area contributed by atoms with Crippen LogP contribution in [0.4, 0.5) is 0 Å². The molecule has 0 atom stereocenters. The van der Waals surface area contributed by atoms with E-state index in [0.29, 0.717) is 30.8 Å². The number of esters is 2. The first-order chi connectivity index (χ1) is 11.5. The van der Waals surface area contributed by atoms with E-state index >= 15 is 0 Å². The number of rotatable bonds is 9. The zero-order valence-corrected chi connectivity index (χ0v) is 15.9. The lowest BCUT2D eigenvalue weighted by atomic mass is 9.80. The lowest BCUT2D eigenvalue weighted by Gasteiger charge is -2.26. The fourth-order valence-electron chi connectivity index (χ4n) is 3.19. The van der Waals surface area contributed by atoms with E-state index in [-0.39, 0.29) is 23.8 Å². The van der Waals surface area contributed by atoms with E-state index in [2.05, 4.69) is 13.8 Å².